The van der Waals surface area contributed by atoms with Gasteiger partial charge in [0.15, 0.2) is 5.76 Å². The Kier molecular flexibility index (Phi) is 5.30. The Labute approximate surface area is 127 Å². The monoisotopic (exact) mass is 305 g/mol. The Morgan fingerprint density at radius 2 is 2.05 bits per heavy atom. The number of halogens is 1. The van der Waals surface area contributed by atoms with Crippen LogP contribution in [0.3, 0.4) is 0 Å². The largest absolute Gasteiger partial charge is 0.464 e. The van der Waals surface area contributed by atoms with Crippen molar-refractivity contribution < 1.29 is 23.1 Å². The fraction of sp³-hybridized carbons (Fsp3) is 0.250. The average Bonchev–Trinajstić information content (AvgIpc) is 3.03. The summed E-state index contributed by atoms with van der Waals surface area (Å²) in [5.41, 5.74) is 0.320. The summed E-state index contributed by atoms with van der Waals surface area (Å²) in [6.45, 7) is 1.83. The average molecular weight is 305 g/mol. The zero-order chi connectivity index (χ0) is 15.9. The van der Waals surface area contributed by atoms with Gasteiger partial charge in [0, 0.05) is 6.42 Å². The van der Waals surface area contributed by atoms with E-state index in [4.69, 9.17) is 9.15 Å². The fourth-order valence-corrected chi connectivity index (χ4v) is 1.96. The van der Waals surface area contributed by atoms with Crippen LogP contribution >= 0.6 is 0 Å². The highest BCUT2D eigenvalue weighted by Crippen LogP contribution is 2.11. The molecule has 0 spiro atoms. The first-order chi connectivity index (χ1) is 10.6. The molecular formula is C16H16FNO4. The van der Waals surface area contributed by atoms with Gasteiger partial charge in [0.25, 0.3) is 5.91 Å². The van der Waals surface area contributed by atoms with Gasteiger partial charge < -0.3 is 14.5 Å². The Morgan fingerprint density at radius 3 is 2.68 bits per heavy atom. The van der Waals surface area contributed by atoms with E-state index in [0.29, 0.717) is 5.56 Å². The van der Waals surface area contributed by atoms with Crippen molar-refractivity contribution in [1.82, 2.24) is 5.32 Å². The van der Waals surface area contributed by atoms with Crippen LogP contribution in [-0.4, -0.2) is 24.5 Å². The van der Waals surface area contributed by atoms with Crippen LogP contribution < -0.4 is 5.32 Å². The van der Waals surface area contributed by atoms with Gasteiger partial charge in [-0.25, -0.2) is 9.18 Å². The Morgan fingerprint density at radius 1 is 1.27 bits per heavy atom. The topological polar surface area (TPSA) is 68.5 Å². The summed E-state index contributed by atoms with van der Waals surface area (Å²) in [7, 11) is 0. The van der Waals surface area contributed by atoms with Crippen molar-refractivity contribution >= 4 is 11.9 Å². The third-order valence-corrected chi connectivity index (χ3v) is 3.00. The van der Waals surface area contributed by atoms with Crippen molar-refractivity contribution in [3.8, 4) is 0 Å². The summed E-state index contributed by atoms with van der Waals surface area (Å²) >= 11 is 0. The van der Waals surface area contributed by atoms with E-state index >= 15 is 0 Å². The zero-order valence-electron chi connectivity index (χ0n) is 12.0. The van der Waals surface area contributed by atoms with E-state index in [9.17, 15) is 14.0 Å². The number of amides is 1. The number of hydrogen-bond acceptors (Lipinski definition) is 4. The molecule has 1 N–H and O–H groups in total. The zero-order valence-corrected chi connectivity index (χ0v) is 12.0. The molecule has 2 aromatic rings. The summed E-state index contributed by atoms with van der Waals surface area (Å²) in [5.74, 6) is -1.54. The maximum atomic E-state index is 13.7. The second-order valence-corrected chi connectivity index (χ2v) is 4.55. The van der Waals surface area contributed by atoms with Gasteiger partial charge in [-0.2, -0.15) is 0 Å². The summed E-state index contributed by atoms with van der Waals surface area (Å²) in [6, 6.07) is 8.11. The van der Waals surface area contributed by atoms with Crippen LogP contribution in [0.2, 0.25) is 0 Å². The molecule has 0 fully saturated rings. The van der Waals surface area contributed by atoms with Crippen LogP contribution in [0, 0.1) is 5.82 Å². The van der Waals surface area contributed by atoms with Crippen molar-refractivity contribution in [2.45, 2.75) is 19.4 Å². The van der Waals surface area contributed by atoms with Gasteiger partial charge in [-0.3, -0.25) is 4.79 Å². The normalized spacial score (nSPS) is 11.7. The fourth-order valence-electron chi connectivity index (χ4n) is 1.96. The minimum Gasteiger partial charge on any atom is -0.464 e. The molecule has 2 rings (SSSR count). The molecule has 5 nitrogen and oxygen atoms in total. The van der Waals surface area contributed by atoms with Crippen molar-refractivity contribution in [3.63, 3.8) is 0 Å². The van der Waals surface area contributed by atoms with Gasteiger partial charge in [-0.15, -0.1) is 0 Å². The minimum atomic E-state index is -0.991. The van der Waals surface area contributed by atoms with E-state index in [1.165, 1.54) is 18.4 Å². The second-order valence-electron chi connectivity index (χ2n) is 4.55. The third-order valence-electron chi connectivity index (χ3n) is 3.00. The van der Waals surface area contributed by atoms with Gasteiger partial charge >= 0.3 is 5.97 Å². The molecule has 1 heterocycles. The molecule has 1 aromatic heterocycles. The summed E-state index contributed by atoms with van der Waals surface area (Å²) < 4.78 is 23.6. The van der Waals surface area contributed by atoms with Gasteiger partial charge in [0.05, 0.1) is 12.9 Å². The number of esters is 1. The van der Waals surface area contributed by atoms with Crippen LogP contribution in [0.15, 0.2) is 47.1 Å². The van der Waals surface area contributed by atoms with Gasteiger partial charge in [-0.1, -0.05) is 18.2 Å². The first-order valence-corrected chi connectivity index (χ1v) is 6.86. The lowest BCUT2D eigenvalue weighted by molar-refractivity contribution is -0.145. The molecule has 0 saturated heterocycles. The molecule has 1 aromatic carbocycles. The number of nitrogens with one attached hydrogen (secondary N) is 1. The first-order valence-electron chi connectivity index (χ1n) is 6.86. The van der Waals surface area contributed by atoms with E-state index in [1.807, 2.05) is 0 Å². The predicted octanol–water partition coefficient (Wildman–Crippen LogP) is 2.32. The van der Waals surface area contributed by atoms with E-state index in [0.717, 1.165) is 0 Å². The smallest absolute Gasteiger partial charge is 0.328 e. The molecule has 0 radical (unpaired) electrons. The second kappa shape index (κ2) is 7.40. The first kappa shape index (κ1) is 15.8. The summed E-state index contributed by atoms with van der Waals surface area (Å²) in [5, 5.41) is 2.51. The van der Waals surface area contributed by atoms with Crippen LogP contribution in [-0.2, 0) is 16.0 Å². The molecule has 0 aliphatic rings. The number of carbonyl (C=O) groups excluding carboxylic acids is 2. The molecule has 0 aliphatic heterocycles. The Balaban J connectivity index is 2.14. The molecular weight excluding hydrogens is 289 g/mol. The van der Waals surface area contributed by atoms with Crippen molar-refractivity contribution in [2.75, 3.05) is 6.61 Å². The molecule has 0 unspecified atom stereocenters. The molecule has 6 heteroatoms. The SMILES string of the molecule is CCOC(=O)[C@@H](Cc1ccccc1F)NC(=O)c1ccco1. The van der Waals surface area contributed by atoms with E-state index < -0.39 is 23.7 Å². The van der Waals surface area contributed by atoms with Crippen LogP contribution in [0.25, 0.3) is 0 Å². The lowest BCUT2D eigenvalue weighted by Crippen LogP contribution is -2.43. The molecule has 0 bridgehead atoms. The van der Waals surface area contributed by atoms with E-state index in [2.05, 4.69) is 5.32 Å². The van der Waals surface area contributed by atoms with Crippen LogP contribution in [0.5, 0.6) is 0 Å². The Bertz CT molecular complexity index is 639. The molecule has 0 aliphatic carbocycles. The number of hydrogen-bond donors (Lipinski definition) is 1. The van der Waals surface area contributed by atoms with Crippen LogP contribution in [0.4, 0.5) is 4.39 Å². The molecule has 1 amide bonds. The van der Waals surface area contributed by atoms with E-state index in [1.54, 1.807) is 31.2 Å². The molecule has 116 valence electrons. The summed E-state index contributed by atoms with van der Waals surface area (Å²) in [4.78, 5) is 24.0. The number of carbonyl (C=O) groups is 2. The lowest BCUT2D eigenvalue weighted by Gasteiger charge is -2.17. The standard InChI is InChI=1S/C16H16FNO4/c1-2-21-16(20)13(10-11-6-3-4-7-12(11)17)18-15(19)14-8-5-9-22-14/h3-9,13H,2,10H2,1H3,(H,18,19)/t13-/m1/s1. The highest BCUT2D eigenvalue weighted by atomic mass is 19.1. The number of benzene rings is 1. The van der Waals surface area contributed by atoms with Crippen LogP contribution in [0.1, 0.15) is 23.0 Å². The maximum absolute atomic E-state index is 13.7. The number of rotatable bonds is 6. The molecule has 22 heavy (non-hydrogen) atoms. The molecule has 0 saturated carbocycles. The maximum Gasteiger partial charge on any atom is 0.328 e. The quantitative estimate of drug-likeness (QED) is 0.832. The van der Waals surface area contributed by atoms with Gasteiger partial charge in [-0.05, 0) is 30.7 Å². The minimum absolute atomic E-state index is 0.00203. The molecule has 1 atom stereocenters. The van der Waals surface area contributed by atoms with Crippen molar-refractivity contribution in [1.29, 1.82) is 0 Å². The van der Waals surface area contributed by atoms with Gasteiger partial charge in [0.2, 0.25) is 0 Å². The highest BCUT2D eigenvalue weighted by molar-refractivity contribution is 5.94. The van der Waals surface area contributed by atoms with Gasteiger partial charge in [0.1, 0.15) is 11.9 Å². The third kappa shape index (κ3) is 3.94. The lowest BCUT2D eigenvalue weighted by atomic mass is 10.1. The Hall–Kier alpha value is -2.63. The number of furan rings is 1. The van der Waals surface area contributed by atoms with Crippen molar-refractivity contribution in [2.24, 2.45) is 0 Å². The van der Waals surface area contributed by atoms with Crippen molar-refractivity contribution in [3.05, 3.63) is 59.8 Å². The highest BCUT2D eigenvalue weighted by Gasteiger charge is 2.25. The van der Waals surface area contributed by atoms with E-state index in [-0.39, 0.29) is 18.8 Å². The predicted molar refractivity (Wildman–Crippen MR) is 76.7 cm³/mol. The number of ether oxygens (including phenoxy) is 1. The summed E-state index contributed by atoms with van der Waals surface area (Å²) in [6.07, 6.45) is 1.35.